The van der Waals surface area contributed by atoms with Crippen LogP contribution < -0.4 is 0 Å². The highest BCUT2D eigenvalue weighted by molar-refractivity contribution is 6.09. The van der Waals surface area contributed by atoms with E-state index in [2.05, 4.69) is 35.5 Å². The Kier molecular flexibility index (Phi) is 2.66. The topological polar surface area (TPSA) is 41.8 Å². The Morgan fingerprint density at radius 2 is 1.67 bits per heavy atom. The number of oxime groups is 1. The zero-order valence-corrected chi connectivity index (χ0v) is 11.9. The van der Waals surface area contributed by atoms with Crippen LogP contribution in [0, 0.1) is 5.41 Å². The molecule has 0 amide bonds. The highest BCUT2D eigenvalue weighted by atomic mass is 16.5. The molecule has 1 unspecified atom stereocenters. The third-order valence-electron chi connectivity index (χ3n) is 4.94. The number of benzene rings is 2. The van der Waals surface area contributed by atoms with Crippen LogP contribution in [0.5, 0.6) is 0 Å². The molecule has 2 aromatic carbocycles. The Hall–Kier alpha value is -2.13. The minimum atomic E-state index is -0.281. The van der Waals surface area contributed by atoms with E-state index < -0.39 is 0 Å². The lowest BCUT2D eigenvalue weighted by molar-refractivity contribution is 0.0326. The largest absolute Gasteiger partial charge is 0.411 e. The summed E-state index contributed by atoms with van der Waals surface area (Å²) in [4.78, 5) is 0. The molecule has 2 aliphatic carbocycles. The molecule has 0 heterocycles. The van der Waals surface area contributed by atoms with Gasteiger partial charge >= 0.3 is 0 Å². The van der Waals surface area contributed by atoms with Crippen molar-refractivity contribution >= 4 is 5.71 Å². The third kappa shape index (κ3) is 1.55. The van der Waals surface area contributed by atoms with E-state index in [0.717, 1.165) is 29.7 Å². The second-order valence-corrected chi connectivity index (χ2v) is 5.93. The lowest BCUT2D eigenvalue weighted by Gasteiger charge is -2.30. The average molecular weight is 279 g/mol. The average Bonchev–Trinajstić information content (AvgIpc) is 3.01. The van der Waals surface area contributed by atoms with Crippen molar-refractivity contribution in [2.45, 2.75) is 18.9 Å². The molecule has 0 radical (unpaired) electrons. The molecule has 0 saturated heterocycles. The Labute approximate surface area is 123 Å². The molecule has 1 N–H and O–H groups in total. The highest BCUT2D eigenvalue weighted by Crippen LogP contribution is 2.55. The summed E-state index contributed by atoms with van der Waals surface area (Å²) in [6.45, 7) is 0. The van der Waals surface area contributed by atoms with Gasteiger partial charge in [0.2, 0.25) is 0 Å². The third-order valence-corrected chi connectivity index (χ3v) is 4.94. The van der Waals surface area contributed by atoms with Crippen molar-refractivity contribution in [3.05, 3.63) is 70.8 Å². The fraction of sp³-hybridized carbons (Fsp3) is 0.278. The van der Waals surface area contributed by atoms with Gasteiger partial charge in [-0.3, -0.25) is 0 Å². The van der Waals surface area contributed by atoms with Crippen molar-refractivity contribution in [1.82, 2.24) is 0 Å². The number of fused-ring (bicyclic) bond motifs is 2. The Morgan fingerprint density at radius 3 is 2.29 bits per heavy atom. The summed E-state index contributed by atoms with van der Waals surface area (Å²) in [6, 6.07) is 16.6. The fourth-order valence-electron chi connectivity index (χ4n) is 4.13. The number of nitrogens with zero attached hydrogens (tertiary/aromatic N) is 1. The molecule has 4 rings (SSSR count). The van der Waals surface area contributed by atoms with Crippen LogP contribution in [0.2, 0.25) is 0 Å². The quantitative estimate of drug-likeness (QED) is 0.642. The Bertz CT molecular complexity index is 711. The molecular weight excluding hydrogens is 262 g/mol. The first-order chi connectivity index (χ1) is 10.3. The molecule has 0 aliphatic heterocycles. The maximum atomic E-state index is 9.66. The molecule has 2 aliphatic rings. The molecule has 1 atom stereocenters. The summed E-state index contributed by atoms with van der Waals surface area (Å²) in [5.74, 6) is 0. The van der Waals surface area contributed by atoms with Crippen molar-refractivity contribution < 1.29 is 9.94 Å². The van der Waals surface area contributed by atoms with Gasteiger partial charge < -0.3 is 9.94 Å². The first-order valence-electron chi connectivity index (χ1n) is 7.21. The molecule has 1 spiro atoms. The summed E-state index contributed by atoms with van der Waals surface area (Å²) in [5, 5.41) is 13.3. The van der Waals surface area contributed by atoms with Gasteiger partial charge in [-0.05, 0) is 29.5 Å². The highest BCUT2D eigenvalue weighted by Gasteiger charge is 2.54. The monoisotopic (exact) mass is 279 g/mol. The van der Waals surface area contributed by atoms with Gasteiger partial charge in [0.15, 0.2) is 0 Å². The molecule has 0 saturated carbocycles. The van der Waals surface area contributed by atoms with E-state index in [1.807, 2.05) is 18.2 Å². The van der Waals surface area contributed by atoms with E-state index in [1.54, 1.807) is 7.11 Å². The molecule has 3 nitrogen and oxygen atoms in total. The standard InChI is InChI=1S/C18H17NO2/c1-21-17-15-9-5-4-8-14(15)16(19-20)18(17)10-12-6-2-3-7-13(12)11-18/h2-9,17,20H,10-11H2,1H3. The predicted molar refractivity (Wildman–Crippen MR) is 80.8 cm³/mol. The van der Waals surface area contributed by atoms with Crippen LogP contribution in [-0.4, -0.2) is 18.0 Å². The number of hydrogen-bond acceptors (Lipinski definition) is 3. The van der Waals surface area contributed by atoms with Gasteiger partial charge in [0, 0.05) is 12.7 Å². The summed E-state index contributed by atoms with van der Waals surface area (Å²) >= 11 is 0. The second-order valence-electron chi connectivity index (χ2n) is 5.93. The van der Waals surface area contributed by atoms with E-state index in [0.29, 0.717) is 0 Å². The molecule has 0 bridgehead atoms. The number of ether oxygens (including phenoxy) is 1. The number of hydrogen-bond donors (Lipinski definition) is 1. The maximum absolute atomic E-state index is 9.66. The van der Waals surface area contributed by atoms with Crippen LogP contribution in [-0.2, 0) is 17.6 Å². The first-order valence-corrected chi connectivity index (χ1v) is 7.21. The number of rotatable bonds is 1. The minimum Gasteiger partial charge on any atom is -0.411 e. The Balaban J connectivity index is 1.91. The predicted octanol–water partition coefficient (Wildman–Crippen LogP) is 3.35. The first kappa shape index (κ1) is 12.6. The molecule has 106 valence electrons. The molecule has 2 aromatic rings. The van der Waals surface area contributed by atoms with Crippen molar-refractivity contribution in [2.75, 3.05) is 7.11 Å². The van der Waals surface area contributed by atoms with Gasteiger partial charge in [0.05, 0.1) is 17.2 Å². The lowest BCUT2D eigenvalue weighted by Crippen LogP contribution is -2.34. The zero-order chi connectivity index (χ0) is 14.4. The summed E-state index contributed by atoms with van der Waals surface area (Å²) < 4.78 is 5.85. The molecule has 0 fully saturated rings. The van der Waals surface area contributed by atoms with Crippen LogP contribution in [0.25, 0.3) is 0 Å². The van der Waals surface area contributed by atoms with Crippen molar-refractivity contribution in [3.63, 3.8) is 0 Å². The van der Waals surface area contributed by atoms with E-state index in [1.165, 1.54) is 11.1 Å². The van der Waals surface area contributed by atoms with Gasteiger partial charge in [0.1, 0.15) is 0 Å². The van der Waals surface area contributed by atoms with E-state index in [4.69, 9.17) is 4.74 Å². The van der Waals surface area contributed by atoms with Crippen LogP contribution >= 0.6 is 0 Å². The molecule has 21 heavy (non-hydrogen) atoms. The smallest absolute Gasteiger partial charge is 0.0969 e. The summed E-state index contributed by atoms with van der Waals surface area (Å²) in [6.07, 6.45) is 1.65. The van der Waals surface area contributed by atoms with Crippen molar-refractivity contribution in [3.8, 4) is 0 Å². The minimum absolute atomic E-state index is 0.0630. The van der Waals surface area contributed by atoms with Crippen molar-refractivity contribution in [2.24, 2.45) is 10.6 Å². The van der Waals surface area contributed by atoms with E-state index in [-0.39, 0.29) is 11.5 Å². The summed E-state index contributed by atoms with van der Waals surface area (Å²) in [7, 11) is 1.74. The van der Waals surface area contributed by atoms with Crippen molar-refractivity contribution in [1.29, 1.82) is 0 Å². The fourth-order valence-corrected chi connectivity index (χ4v) is 4.13. The van der Waals surface area contributed by atoms with Crippen LogP contribution in [0.4, 0.5) is 0 Å². The normalized spacial score (nSPS) is 23.5. The maximum Gasteiger partial charge on any atom is 0.0969 e. The van der Waals surface area contributed by atoms with E-state index >= 15 is 0 Å². The second kappa shape index (κ2) is 4.43. The van der Waals surface area contributed by atoms with Gasteiger partial charge in [0.25, 0.3) is 0 Å². The SMILES string of the molecule is COC1c2ccccc2C(=NO)C12Cc1ccccc1C2. The van der Waals surface area contributed by atoms with Crippen LogP contribution in [0.1, 0.15) is 28.4 Å². The summed E-state index contributed by atoms with van der Waals surface area (Å²) in [5.41, 5.74) is 5.28. The number of methoxy groups -OCH3 is 1. The lowest BCUT2D eigenvalue weighted by atomic mass is 9.78. The van der Waals surface area contributed by atoms with Crippen LogP contribution in [0.3, 0.4) is 0 Å². The zero-order valence-electron chi connectivity index (χ0n) is 11.9. The van der Waals surface area contributed by atoms with E-state index in [9.17, 15) is 5.21 Å². The van der Waals surface area contributed by atoms with Gasteiger partial charge in [-0.1, -0.05) is 53.7 Å². The molecular formula is C18H17NO2. The van der Waals surface area contributed by atoms with Gasteiger partial charge in [-0.15, -0.1) is 0 Å². The molecule has 3 heteroatoms. The van der Waals surface area contributed by atoms with Gasteiger partial charge in [-0.2, -0.15) is 0 Å². The van der Waals surface area contributed by atoms with Crippen LogP contribution in [0.15, 0.2) is 53.7 Å². The van der Waals surface area contributed by atoms with Gasteiger partial charge in [-0.25, -0.2) is 0 Å². The molecule has 0 aromatic heterocycles. The Morgan fingerprint density at radius 1 is 1.05 bits per heavy atom.